The fourth-order valence-electron chi connectivity index (χ4n) is 1.38. The van der Waals surface area contributed by atoms with Crippen molar-refractivity contribution in [2.75, 3.05) is 13.7 Å². The number of nitrogens with one attached hydrogen (secondary N) is 1. The number of carbonyl (C=O) groups is 1. The molecule has 0 aromatic carbocycles. The minimum Gasteiger partial charge on any atom is -0.469 e. The minimum atomic E-state index is -1.67. The first kappa shape index (κ1) is 18.8. The van der Waals surface area contributed by atoms with E-state index in [1.54, 1.807) is 0 Å². The molecule has 0 saturated carbocycles. The first-order valence-electron chi connectivity index (χ1n) is 4.60. The first-order chi connectivity index (χ1) is 7.06. The Morgan fingerprint density at radius 2 is 2.06 bits per heavy atom. The highest BCUT2D eigenvalue weighted by atomic mass is 36.0. The standard InChI is InChI=1S/C8H15NO2.Cl2OS.ClH/c1-11-8(10)6-7-4-2-3-5-9-7;1-4(2)3;/h7,9H,2-6H2,1H3;;1H. The third-order valence-corrected chi connectivity index (χ3v) is 2.05. The zero-order valence-corrected chi connectivity index (χ0v) is 12.1. The highest BCUT2D eigenvalue weighted by Gasteiger charge is 2.15. The summed E-state index contributed by atoms with van der Waals surface area (Å²) in [7, 11) is 8.79. The zero-order valence-electron chi connectivity index (χ0n) is 8.91. The molecule has 1 unspecified atom stereocenters. The Labute approximate surface area is 113 Å². The van der Waals surface area contributed by atoms with Crippen molar-refractivity contribution in [1.29, 1.82) is 0 Å². The van der Waals surface area contributed by atoms with E-state index in [0.717, 1.165) is 13.0 Å². The van der Waals surface area contributed by atoms with Crippen LogP contribution in [0.1, 0.15) is 25.7 Å². The van der Waals surface area contributed by atoms with Crippen LogP contribution in [0.2, 0.25) is 0 Å². The molecule has 0 radical (unpaired) electrons. The number of piperidine rings is 1. The van der Waals surface area contributed by atoms with Crippen LogP contribution in [0.15, 0.2) is 0 Å². The van der Waals surface area contributed by atoms with Crippen molar-refractivity contribution in [1.82, 2.24) is 5.32 Å². The van der Waals surface area contributed by atoms with Crippen LogP contribution in [0.3, 0.4) is 0 Å². The van der Waals surface area contributed by atoms with Crippen molar-refractivity contribution in [3.05, 3.63) is 0 Å². The van der Waals surface area contributed by atoms with Gasteiger partial charge in [0, 0.05) is 27.4 Å². The van der Waals surface area contributed by atoms with Gasteiger partial charge >= 0.3 is 5.97 Å². The summed E-state index contributed by atoms with van der Waals surface area (Å²) >= 11 is 0. The number of hydrogen-bond acceptors (Lipinski definition) is 4. The summed E-state index contributed by atoms with van der Waals surface area (Å²) in [6, 6.07) is 0.358. The topological polar surface area (TPSA) is 55.4 Å². The van der Waals surface area contributed by atoms with E-state index in [-0.39, 0.29) is 18.4 Å². The number of carbonyl (C=O) groups excluding carboxylic acids is 1. The van der Waals surface area contributed by atoms with Crippen molar-refractivity contribution in [2.45, 2.75) is 31.7 Å². The van der Waals surface area contributed by atoms with Gasteiger partial charge in [-0.3, -0.25) is 4.79 Å². The SMILES string of the molecule is COC(=O)CC1CCCCN1.Cl.O=S(Cl)Cl. The van der Waals surface area contributed by atoms with E-state index in [0.29, 0.717) is 12.5 Å². The van der Waals surface area contributed by atoms with Crippen molar-refractivity contribution in [2.24, 2.45) is 0 Å². The molecule has 98 valence electrons. The fourth-order valence-corrected chi connectivity index (χ4v) is 1.38. The molecular formula is C8H16Cl3NO3S. The lowest BCUT2D eigenvalue weighted by atomic mass is 10.0. The summed E-state index contributed by atoms with van der Waals surface area (Å²) in [6.07, 6.45) is 4.10. The number of halogens is 3. The van der Waals surface area contributed by atoms with E-state index >= 15 is 0 Å². The maximum absolute atomic E-state index is 10.8. The summed E-state index contributed by atoms with van der Waals surface area (Å²) in [5.41, 5.74) is 0. The van der Waals surface area contributed by atoms with Crippen LogP contribution >= 0.6 is 33.8 Å². The Morgan fingerprint density at radius 3 is 2.44 bits per heavy atom. The Morgan fingerprint density at radius 1 is 1.50 bits per heavy atom. The number of ether oxygens (including phenoxy) is 1. The summed E-state index contributed by atoms with van der Waals surface area (Å²) in [5, 5.41) is 3.28. The average Bonchev–Trinajstić information content (AvgIpc) is 2.18. The predicted octanol–water partition coefficient (Wildman–Crippen LogP) is 2.16. The van der Waals surface area contributed by atoms with E-state index < -0.39 is 9.23 Å². The van der Waals surface area contributed by atoms with Gasteiger partial charge in [-0.1, -0.05) is 6.42 Å². The Balaban J connectivity index is 0. The second-order valence-electron chi connectivity index (χ2n) is 3.11. The zero-order chi connectivity index (χ0) is 11.7. The molecule has 4 nitrogen and oxygen atoms in total. The Bertz CT molecular complexity index is 209. The van der Waals surface area contributed by atoms with Gasteiger partial charge in [-0.2, -0.15) is 0 Å². The van der Waals surface area contributed by atoms with E-state index in [4.69, 9.17) is 4.21 Å². The molecule has 1 fully saturated rings. The molecule has 0 spiro atoms. The van der Waals surface area contributed by atoms with Crippen LogP contribution in [-0.4, -0.2) is 29.9 Å². The normalized spacial score (nSPS) is 19.1. The van der Waals surface area contributed by atoms with Crippen molar-refractivity contribution >= 4 is 49.0 Å². The molecule has 1 N–H and O–H groups in total. The molecule has 1 atom stereocenters. The van der Waals surface area contributed by atoms with Crippen molar-refractivity contribution < 1.29 is 13.7 Å². The van der Waals surface area contributed by atoms with Gasteiger partial charge in [0.15, 0.2) is 0 Å². The molecule has 1 rings (SSSR count). The van der Waals surface area contributed by atoms with Gasteiger partial charge < -0.3 is 10.1 Å². The quantitative estimate of drug-likeness (QED) is 0.627. The molecule has 1 aliphatic heterocycles. The molecule has 0 amide bonds. The molecular weight excluding hydrogens is 297 g/mol. The van der Waals surface area contributed by atoms with Gasteiger partial charge in [0.1, 0.15) is 0 Å². The molecule has 0 aromatic heterocycles. The lowest BCUT2D eigenvalue weighted by Crippen LogP contribution is -2.35. The molecule has 0 aliphatic carbocycles. The van der Waals surface area contributed by atoms with Crippen LogP contribution in [0.4, 0.5) is 0 Å². The third kappa shape index (κ3) is 12.5. The van der Waals surface area contributed by atoms with E-state index in [1.165, 1.54) is 20.0 Å². The second-order valence-corrected chi connectivity index (χ2v) is 5.64. The molecule has 0 aromatic rings. The van der Waals surface area contributed by atoms with Gasteiger partial charge in [0.25, 0.3) is 0 Å². The molecule has 1 heterocycles. The summed E-state index contributed by atoms with van der Waals surface area (Å²) < 4.78 is 13.7. The van der Waals surface area contributed by atoms with Crippen LogP contribution in [0.25, 0.3) is 0 Å². The Kier molecular flexibility index (Phi) is 14.0. The summed E-state index contributed by atoms with van der Waals surface area (Å²) in [5.74, 6) is -0.107. The number of rotatable bonds is 2. The molecule has 0 bridgehead atoms. The van der Waals surface area contributed by atoms with Gasteiger partial charge in [0.2, 0.25) is 9.23 Å². The smallest absolute Gasteiger partial charge is 0.307 e. The molecule has 8 heteroatoms. The fraction of sp³-hybridized carbons (Fsp3) is 0.875. The van der Waals surface area contributed by atoms with Crippen molar-refractivity contribution in [3.63, 3.8) is 0 Å². The van der Waals surface area contributed by atoms with Crippen LogP contribution in [-0.2, 0) is 18.8 Å². The lowest BCUT2D eigenvalue weighted by Gasteiger charge is -2.21. The van der Waals surface area contributed by atoms with Gasteiger partial charge in [-0.25, -0.2) is 4.21 Å². The molecule has 1 saturated heterocycles. The largest absolute Gasteiger partial charge is 0.469 e. The van der Waals surface area contributed by atoms with E-state index in [2.05, 4.69) is 31.4 Å². The number of esters is 1. The maximum Gasteiger partial charge on any atom is 0.307 e. The van der Waals surface area contributed by atoms with Crippen LogP contribution in [0, 0.1) is 0 Å². The van der Waals surface area contributed by atoms with Crippen LogP contribution < -0.4 is 5.32 Å². The average molecular weight is 313 g/mol. The predicted molar refractivity (Wildman–Crippen MR) is 69.4 cm³/mol. The molecule has 16 heavy (non-hydrogen) atoms. The van der Waals surface area contributed by atoms with Gasteiger partial charge in [-0.05, 0) is 19.4 Å². The van der Waals surface area contributed by atoms with E-state index in [9.17, 15) is 4.79 Å². The van der Waals surface area contributed by atoms with Crippen molar-refractivity contribution in [3.8, 4) is 0 Å². The molecule has 1 aliphatic rings. The first-order valence-corrected chi connectivity index (χ1v) is 7.41. The number of hydrogen-bond donors (Lipinski definition) is 1. The monoisotopic (exact) mass is 311 g/mol. The lowest BCUT2D eigenvalue weighted by molar-refractivity contribution is -0.141. The minimum absolute atomic E-state index is 0. The number of methoxy groups -OCH3 is 1. The highest BCUT2D eigenvalue weighted by Crippen LogP contribution is 2.09. The van der Waals surface area contributed by atoms with Gasteiger partial charge in [0.05, 0.1) is 13.5 Å². The summed E-state index contributed by atoms with van der Waals surface area (Å²) in [6.45, 7) is 1.04. The summed E-state index contributed by atoms with van der Waals surface area (Å²) in [4.78, 5) is 10.8. The maximum atomic E-state index is 10.8. The van der Waals surface area contributed by atoms with E-state index in [1.807, 2.05) is 0 Å². The second kappa shape index (κ2) is 11.9. The Hall–Kier alpha value is 0.450. The van der Waals surface area contributed by atoms with Crippen LogP contribution in [0.5, 0.6) is 0 Å². The van der Waals surface area contributed by atoms with Gasteiger partial charge in [-0.15, -0.1) is 12.4 Å². The highest BCUT2D eigenvalue weighted by molar-refractivity contribution is 8.26. The third-order valence-electron chi connectivity index (χ3n) is 2.05.